The van der Waals surface area contributed by atoms with Crippen molar-refractivity contribution < 1.29 is 19.0 Å². The molecule has 0 fully saturated rings. The Morgan fingerprint density at radius 1 is 1.17 bits per heavy atom. The molecule has 1 heterocycles. The number of hydrogen-bond donors (Lipinski definition) is 1. The molecule has 3 rings (SSSR count). The second kappa shape index (κ2) is 13.1. The number of aromatic nitrogens is 2. The van der Waals surface area contributed by atoms with Crippen LogP contribution in [0.15, 0.2) is 50.3 Å². The van der Waals surface area contributed by atoms with E-state index in [4.69, 9.17) is 14.2 Å². The molecule has 2 aromatic carbocycles. The van der Waals surface area contributed by atoms with Gasteiger partial charge in [0.2, 0.25) is 0 Å². The molecule has 1 aromatic heterocycles. The predicted octanol–water partition coefficient (Wildman–Crippen LogP) is 5.62. The zero-order chi connectivity index (χ0) is 26.1. The van der Waals surface area contributed by atoms with E-state index in [2.05, 4.69) is 69.6 Å². The van der Waals surface area contributed by atoms with E-state index in [1.165, 1.54) is 28.7 Å². The van der Waals surface area contributed by atoms with Crippen molar-refractivity contribution in [3.63, 3.8) is 0 Å². The molecule has 0 atom stereocenters. The van der Waals surface area contributed by atoms with Crippen molar-refractivity contribution in [1.29, 1.82) is 0 Å². The van der Waals surface area contributed by atoms with Crippen LogP contribution < -0.4 is 19.6 Å². The third kappa shape index (κ3) is 8.49. The van der Waals surface area contributed by atoms with E-state index in [1.807, 2.05) is 25.1 Å². The number of nitrogens with one attached hydrogen (secondary N) is 1. The van der Waals surface area contributed by atoms with Crippen LogP contribution in [0.3, 0.4) is 0 Å². The molecular weight excluding hydrogens is 564 g/mol. The molecule has 11 heteroatoms. The number of hydrazone groups is 1. The Labute approximate surface area is 228 Å². The maximum Gasteiger partial charge on any atom is 0.250 e. The molecule has 1 N–H and O–H groups in total. The van der Waals surface area contributed by atoms with Gasteiger partial charge < -0.3 is 14.2 Å². The first-order chi connectivity index (χ1) is 17.2. The van der Waals surface area contributed by atoms with E-state index in [0.29, 0.717) is 29.2 Å². The quantitative estimate of drug-likeness (QED) is 0.134. The van der Waals surface area contributed by atoms with Gasteiger partial charge in [0, 0.05) is 0 Å². The number of hydrogen-bond acceptors (Lipinski definition) is 9. The standard InChI is InChI=1S/C25H29BrN4O4S2/c1-16-28-30-24(36-16)35-15-22(31)29-27-14-17-12-20(26)23(21(13-17)32-5)34-11-10-33-19-8-6-18(7-9-19)25(2,3)4/h6-9,12-14H,10-11,15H2,1-5H3,(H,29,31). The van der Waals surface area contributed by atoms with Crippen LogP contribution in [-0.4, -0.2) is 48.4 Å². The van der Waals surface area contributed by atoms with Gasteiger partial charge in [-0.2, -0.15) is 5.10 Å². The largest absolute Gasteiger partial charge is 0.493 e. The van der Waals surface area contributed by atoms with Gasteiger partial charge in [0.05, 0.1) is 23.5 Å². The molecule has 36 heavy (non-hydrogen) atoms. The molecule has 0 aliphatic rings. The zero-order valence-corrected chi connectivity index (χ0v) is 24.1. The molecule has 3 aromatic rings. The molecule has 0 unspecified atom stereocenters. The van der Waals surface area contributed by atoms with E-state index < -0.39 is 0 Å². The summed E-state index contributed by atoms with van der Waals surface area (Å²) in [5, 5.41) is 12.8. The number of carbonyl (C=O) groups excluding carboxylic acids is 1. The Bertz CT molecular complexity index is 1190. The molecule has 0 aliphatic carbocycles. The van der Waals surface area contributed by atoms with Crippen molar-refractivity contribution in [3.05, 3.63) is 57.0 Å². The Hall–Kier alpha value is -2.63. The SMILES string of the molecule is COc1cc(C=NNC(=O)CSc2nnc(C)s2)cc(Br)c1OCCOc1ccc(C(C)(C)C)cc1. The Morgan fingerprint density at radius 2 is 1.89 bits per heavy atom. The van der Waals surface area contributed by atoms with Crippen LogP contribution in [0.5, 0.6) is 17.2 Å². The smallest absolute Gasteiger partial charge is 0.250 e. The molecule has 0 spiro atoms. The van der Waals surface area contributed by atoms with Gasteiger partial charge in [0.1, 0.15) is 24.0 Å². The molecule has 1 amide bonds. The average molecular weight is 594 g/mol. The summed E-state index contributed by atoms with van der Waals surface area (Å²) in [7, 11) is 1.57. The predicted molar refractivity (Wildman–Crippen MR) is 148 cm³/mol. The lowest BCUT2D eigenvalue weighted by molar-refractivity contribution is -0.118. The van der Waals surface area contributed by atoms with Gasteiger partial charge in [0.15, 0.2) is 15.8 Å². The van der Waals surface area contributed by atoms with Gasteiger partial charge in [-0.25, -0.2) is 5.43 Å². The maximum absolute atomic E-state index is 12.0. The first-order valence-electron chi connectivity index (χ1n) is 11.1. The molecule has 0 saturated carbocycles. The maximum atomic E-state index is 12.0. The van der Waals surface area contributed by atoms with Crippen molar-refractivity contribution in [1.82, 2.24) is 15.6 Å². The monoisotopic (exact) mass is 592 g/mol. The summed E-state index contributed by atoms with van der Waals surface area (Å²) >= 11 is 6.29. The van der Waals surface area contributed by atoms with Crippen molar-refractivity contribution in [2.75, 3.05) is 26.1 Å². The first kappa shape index (κ1) is 27.9. The highest BCUT2D eigenvalue weighted by atomic mass is 79.9. The summed E-state index contributed by atoms with van der Waals surface area (Å²) in [6.07, 6.45) is 1.54. The average Bonchev–Trinajstić information content (AvgIpc) is 3.26. The van der Waals surface area contributed by atoms with Crippen LogP contribution in [0.25, 0.3) is 0 Å². The lowest BCUT2D eigenvalue weighted by atomic mass is 9.87. The van der Waals surface area contributed by atoms with Gasteiger partial charge in [-0.1, -0.05) is 56.0 Å². The number of benzene rings is 2. The third-order valence-electron chi connectivity index (χ3n) is 4.81. The van der Waals surface area contributed by atoms with Crippen LogP contribution in [0.2, 0.25) is 0 Å². The Morgan fingerprint density at radius 3 is 2.53 bits per heavy atom. The first-order valence-corrected chi connectivity index (χ1v) is 13.7. The van der Waals surface area contributed by atoms with Crippen molar-refractivity contribution in [3.8, 4) is 17.2 Å². The van der Waals surface area contributed by atoms with Gasteiger partial charge in [0.25, 0.3) is 5.91 Å². The lowest BCUT2D eigenvalue weighted by Gasteiger charge is -2.19. The van der Waals surface area contributed by atoms with Gasteiger partial charge in [-0.15, -0.1) is 10.2 Å². The number of ether oxygens (including phenoxy) is 3. The second-order valence-electron chi connectivity index (χ2n) is 8.67. The lowest BCUT2D eigenvalue weighted by Crippen LogP contribution is -2.19. The number of nitrogens with zero attached hydrogens (tertiary/aromatic N) is 3. The normalized spacial score (nSPS) is 11.5. The highest BCUT2D eigenvalue weighted by molar-refractivity contribution is 9.10. The summed E-state index contributed by atoms with van der Waals surface area (Å²) in [6, 6.07) is 11.7. The Kier molecular flexibility index (Phi) is 10.1. The van der Waals surface area contributed by atoms with Crippen LogP contribution in [0, 0.1) is 6.92 Å². The Balaban J connectivity index is 1.49. The molecular formula is C25H29BrN4O4S2. The molecule has 192 valence electrons. The van der Waals surface area contributed by atoms with E-state index in [0.717, 1.165) is 20.7 Å². The van der Waals surface area contributed by atoms with E-state index in [1.54, 1.807) is 19.4 Å². The summed E-state index contributed by atoms with van der Waals surface area (Å²) in [5.74, 6) is 1.86. The fraction of sp³-hybridized carbons (Fsp3) is 0.360. The highest BCUT2D eigenvalue weighted by Crippen LogP contribution is 2.36. The number of thioether (sulfide) groups is 1. The topological polar surface area (TPSA) is 94.9 Å². The third-order valence-corrected chi connectivity index (χ3v) is 7.37. The molecule has 0 radical (unpaired) electrons. The second-order valence-corrected chi connectivity index (χ2v) is 11.9. The van der Waals surface area contributed by atoms with Gasteiger partial charge in [-0.05, 0) is 63.7 Å². The van der Waals surface area contributed by atoms with Crippen molar-refractivity contribution >= 4 is 51.2 Å². The number of carbonyl (C=O) groups is 1. The molecule has 0 aliphatic heterocycles. The number of amides is 1. The van der Waals surface area contributed by atoms with Crippen LogP contribution in [-0.2, 0) is 10.2 Å². The fourth-order valence-electron chi connectivity index (χ4n) is 2.98. The van der Waals surface area contributed by atoms with Crippen molar-refractivity contribution in [2.24, 2.45) is 5.10 Å². The molecule has 0 bridgehead atoms. The van der Waals surface area contributed by atoms with Crippen LogP contribution >= 0.6 is 39.0 Å². The van der Waals surface area contributed by atoms with Crippen LogP contribution in [0.4, 0.5) is 0 Å². The van der Waals surface area contributed by atoms with Gasteiger partial charge in [-0.3, -0.25) is 4.79 Å². The highest BCUT2D eigenvalue weighted by Gasteiger charge is 2.14. The number of halogens is 1. The minimum atomic E-state index is -0.233. The summed E-state index contributed by atoms with van der Waals surface area (Å²) in [6.45, 7) is 9.13. The number of rotatable bonds is 11. The minimum Gasteiger partial charge on any atom is -0.493 e. The van der Waals surface area contributed by atoms with E-state index in [-0.39, 0.29) is 17.1 Å². The van der Waals surface area contributed by atoms with Crippen molar-refractivity contribution in [2.45, 2.75) is 37.4 Å². The van der Waals surface area contributed by atoms with E-state index in [9.17, 15) is 4.79 Å². The number of methoxy groups -OCH3 is 1. The molecule has 0 saturated heterocycles. The summed E-state index contributed by atoms with van der Waals surface area (Å²) < 4.78 is 18.6. The van der Waals surface area contributed by atoms with E-state index >= 15 is 0 Å². The zero-order valence-electron chi connectivity index (χ0n) is 20.8. The molecule has 8 nitrogen and oxygen atoms in total. The fourth-order valence-corrected chi connectivity index (χ4v) is 5.17. The minimum absolute atomic E-state index is 0.102. The van der Waals surface area contributed by atoms with Crippen LogP contribution in [0.1, 0.15) is 36.9 Å². The number of aryl methyl sites for hydroxylation is 1. The summed E-state index contributed by atoms with van der Waals surface area (Å²) in [4.78, 5) is 12.0. The summed E-state index contributed by atoms with van der Waals surface area (Å²) in [5.41, 5.74) is 4.60. The van der Waals surface area contributed by atoms with Gasteiger partial charge >= 0.3 is 0 Å².